The molecule has 3 saturated carbocycles. The Balaban J connectivity index is 1.42. The summed E-state index contributed by atoms with van der Waals surface area (Å²) in [5, 5.41) is 0. The van der Waals surface area contributed by atoms with Crippen molar-refractivity contribution in [3.63, 3.8) is 0 Å². The molecule has 28 heavy (non-hydrogen) atoms. The number of hydrogen-bond donors (Lipinski definition) is 0. The molecule has 4 heteroatoms. The molecule has 4 fully saturated rings. The van der Waals surface area contributed by atoms with Gasteiger partial charge >= 0.3 is 11.9 Å². The number of fused-ring (bicyclic) bond motifs is 6. The van der Waals surface area contributed by atoms with E-state index in [1.165, 1.54) is 38.2 Å². The summed E-state index contributed by atoms with van der Waals surface area (Å²) in [4.78, 5) is 23.4. The molecule has 1 heterocycles. The van der Waals surface area contributed by atoms with E-state index in [0.29, 0.717) is 12.3 Å². The molecular weight excluding hydrogens is 352 g/mol. The quantitative estimate of drug-likeness (QED) is 0.472. The van der Waals surface area contributed by atoms with E-state index < -0.39 is 0 Å². The molecule has 0 radical (unpaired) electrons. The molecule has 0 N–H and O–H groups in total. The summed E-state index contributed by atoms with van der Waals surface area (Å²) in [7, 11) is 0. The van der Waals surface area contributed by atoms with Crippen molar-refractivity contribution in [2.75, 3.05) is 0 Å². The maximum atomic E-state index is 12.0. The summed E-state index contributed by atoms with van der Waals surface area (Å²) < 4.78 is 11.6. The van der Waals surface area contributed by atoms with Crippen molar-refractivity contribution < 1.29 is 19.1 Å². The Labute approximate surface area is 168 Å². The van der Waals surface area contributed by atoms with Crippen LogP contribution in [0.3, 0.4) is 0 Å². The minimum atomic E-state index is -0.177. The van der Waals surface area contributed by atoms with Crippen LogP contribution in [0.4, 0.5) is 0 Å². The molecule has 1 aliphatic heterocycles. The maximum absolute atomic E-state index is 12.0. The first kappa shape index (κ1) is 18.7. The fourth-order valence-corrected chi connectivity index (χ4v) is 8.30. The van der Waals surface area contributed by atoms with E-state index in [1.54, 1.807) is 0 Å². The Bertz CT molecular complexity index is 741. The van der Waals surface area contributed by atoms with E-state index in [1.807, 2.05) is 0 Å². The molecule has 1 spiro atoms. The average Bonchev–Trinajstić information content (AvgIpc) is 3.16. The number of hydrogen-bond acceptors (Lipinski definition) is 4. The molecule has 154 valence electrons. The van der Waals surface area contributed by atoms with Gasteiger partial charge in [-0.15, -0.1) is 0 Å². The zero-order valence-electron chi connectivity index (χ0n) is 17.6. The van der Waals surface area contributed by atoms with Crippen LogP contribution in [0, 0.1) is 28.6 Å². The van der Waals surface area contributed by atoms with Gasteiger partial charge < -0.3 is 9.47 Å². The Morgan fingerprint density at radius 3 is 2.54 bits per heavy atom. The molecule has 1 saturated heterocycles. The summed E-state index contributed by atoms with van der Waals surface area (Å²) in [5.74, 6) is 1.99. The average molecular weight is 387 g/mol. The van der Waals surface area contributed by atoms with Crippen molar-refractivity contribution >= 4 is 11.9 Å². The van der Waals surface area contributed by atoms with Gasteiger partial charge in [-0.2, -0.15) is 0 Å². The summed E-state index contributed by atoms with van der Waals surface area (Å²) in [6.45, 7) is 6.42. The second kappa shape index (κ2) is 6.09. The fourth-order valence-electron chi connectivity index (χ4n) is 8.30. The molecule has 5 rings (SSSR count). The van der Waals surface area contributed by atoms with E-state index >= 15 is 0 Å². The highest BCUT2D eigenvalue weighted by Crippen LogP contribution is 2.69. The first-order valence-electron chi connectivity index (χ1n) is 11.4. The van der Waals surface area contributed by atoms with Gasteiger partial charge in [-0.1, -0.05) is 19.4 Å². The van der Waals surface area contributed by atoms with Gasteiger partial charge in [-0.25, -0.2) is 0 Å². The lowest BCUT2D eigenvalue weighted by atomic mass is 9.46. The van der Waals surface area contributed by atoms with Crippen molar-refractivity contribution in [1.29, 1.82) is 0 Å². The third-order valence-electron chi connectivity index (χ3n) is 9.72. The maximum Gasteiger partial charge on any atom is 0.306 e. The van der Waals surface area contributed by atoms with Crippen molar-refractivity contribution in [3.05, 3.63) is 11.6 Å². The van der Waals surface area contributed by atoms with E-state index in [4.69, 9.17) is 9.47 Å². The van der Waals surface area contributed by atoms with Gasteiger partial charge in [-0.05, 0) is 87.0 Å². The lowest BCUT2D eigenvalue weighted by Crippen LogP contribution is -2.54. The van der Waals surface area contributed by atoms with Crippen LogP contribution in [0.2, 0.25) is 0 Å². The summed E-state index contributed by atoms with van der Waals surface area (Å²) in [6, 6.07) is 0. The van der Waals surface area contributed by atoms with Gasteiger partial charge in [0, 0.05) is 18.8 Å². The monoisotopic (exact) mass is 386 g/mol. The van der Waals surface area contributed by atoms with Gasteiger partial charge in [0.15, 0.2) is 0 Å². The fraction of sp³-hybridized carbons (Fsp3) is 0.833. The molecule has 0 bridgehead atoms. The first-order valence-corrected chi connectivity index (χ1v) is 11.4. The van der Waals surface area contributed by atoms with Crippen molar-refractivity contribution in [3.8, 4) is 0 Å². The van der Waals surface area contributed by atoms with Crippen molar-refractivity contribution in [2.45, 2.75) is 96.7 Å². The summed E-state index contributed by atoms with van der Waals surface area (Å²) >= 11 is 0. The highest BCUT2D eigenvalue weighted by atomic mass is 16.6. The molecule has 0 aromatic carbocycles. The van der Waals surface area contributed by atoms with Crippen LogP contribution in [-0.4, -0.2) is 23.6 Å². The second-order valence-electron chi connectivity index (χ2n) is 10.7. The van der Waals surface area contributed by atoms with Gasteiger partial charge in [0.25, 0.3) is 0 Å². The Hall–Kier alpha value is -1.32. The van der Waals surface area contributed by atoms with Crippen LogP contribution in [0.1, 0.15) is 85.0 Å². The minimum absolute atomic E-state index is 0.0219. The number of rotatable bonds is 1. The highest BCUT2D eigenvalue weighted by Gasteiger charge is 2.67. The number of ether oxygens (including phenoxy) is 2. The van der Waals surface area contributed by atoms with Gasteiger partial charge in [-0.3, -0.25) is 9.59 Å². The number of esters is 2. The lowest BCUT2D eigenvalue weighted by molar-refractivity contribution is -0.168. The van der Waals surface area contributed by atoms with E-state index in [9.17, 15) is 9.59 Å². The van der Waals surface area contributed by atoms with Gasteiger partial charge in [0.1, 0.15) is 11.7 Å². The van der Waals surface area contributed by atoms with Crippen LogP contribution in [0.5, 0.6) is 0 Å². The lowest BCUT2D eigenvalue weighted by Gasteiger charge is -2.59. The third kappa shape index (κ3) is 2.42. The highest BCUT2D eigenvalue weighted by molar-refractivity contribution is 5.72. The normalized spacial score (nSPS) is 49.7. The molecule has 4 nitrogen and oxygen atoms in total. The summed E-state index contributed by atoms with van der Waals surface area (Å²) in [6.07, 6.45) is 13.0. The second-order valence-corrected chi connectivity index (χ2v) is 10.7. The van der Waals surface area contributed by atoms with E-state index in [2.05, 4.69) is 19.9 Å². The van der Waals surface area contributed by atoms with Gasteiger partial charge in [0.05, 0.1) is 0 Å². The van der Waals surface area contributed by atoms with Crippen LogP contribution in [-0.2, 0) is 19.1 Å². The molecule has 0 amide bonds. The Morgan fingerprint density at radius 2 is 1.82 bits per heavy atom. The summed E-state index contributed by atoms with van der Waals surface area (Å²) in [5.41, 5.74) is 1.77. The number of carbonyl (C=O) groups is 2. The van der Waals surface area contributed by atoms with E-state index in [-0.39, 0.29) is 34.5 Å². The topological polar surface area (TPSA) is 52.6 Å². The minimum Gasteiger partial charge on any atom is -0.458 e. The predicted octanol–water partition coefficient (Wildman–Crippen LogP) is 4.96. The smallest absolute Gasteiger partial charge is 0.306 e. The van der Waals surface area contributed by atoms with Crippen LogP contribution < -0.4 is 0 Å². The third-order valence-corrected chi connectivity index (χ3v) is 9.72. The number of allylic oxidation sites excluding steroid dienone is 1. The van der Waals surface area contributed by atoms with Crippen molar-refractivity contribution in [2.24, 2.45) is 28.6 Å². The molecule has 7 atom stereocenters. The molecule has 0 aromatic rings. The zero-order valence-corrected chi connectivity index (χ0v) is 17.6. The molecule has 0 unspecified atom stereocenters. The van der Waals surface area contributed by atoms with Crippen LogP contribution in [0.15, 0.2) is 11.6 Å². The van der Waals surface area contributed by atoms with Crippen molar-refractivity contribution in [1.82, 2.24) is 0 Å². The standard InChI is InChI=1S/C24H34O4/c1-15(25)27-17-6-10-22(2)16(14-17)4-5-18-19(22)7-11-23(3)20(18)8-12-24(23)13-9-21(26)28-24/h14,17-20H,4-13H2,1-3H3/t17-,18-,19-,20-,22+,23+,24-/m1/s1. The first-order chi connectivity index (χ1) is 13.3. The van der Waals surface area contributed by atoms with Gasteiger partial charge in [0.2, 0.25) is 0 Å². The van der Waals surface area contributed by atoms with Crippen LogP contribution >= 0.6 is 0 Å². The Morgan fingerprint density at radius 1 is 1.04 bits per heavy atom. The zero-order chi connectivity index (χ0) is 19.7. The largest absolute Gasteiger partial charge is 0.458 e. The predicted molar refractivity (Wildman–Crippen MR) is 105 cm³/mol. The Kier molecular flexibility index (Phi) is 4.07. The molecule has 0 aromatic heterocycles. The van der Waals surface area contributed by atoms with Crippen LogP contribution in [0.25, 0.3) is 0 Å². The molecule has 4 aliphatic carbocycles. The molecule has 5 aliphatic rings. The number of carbonyl (C=O) groups excluding carboxylic acids is 2. The SMILES string of the molecule is CC(=O)O[C@H]1C=C2CC[C@@H]3[C@@H](CC[C@@]4(C)[C@@H]3CC[C@@]43CCC(=O)O3)[C@@]2(C)CC1. The van der Waals surface area contributed by atoms with E-state index in [0.717, 1.165) is 43.9 Å². The molecular formula is C24H34O4.